The summed E-state index contributed by atoms with van der Waals surface area (Å²) in [6.07, 6.45) is 7.15. The van der Waals surface area contributed by atoms with Crippen molar-refractivity contribution < 1.29 is 13.2 Å². The molecular formula is C18H28N4O3S2. The summed E-state index contributed by atoms with van der Waals surface area (Å²) in [6.45, 7) is 2.89. The van der Waals surface area contributed by atoms with E-state index in [1.54, 1.807) is 0 Å². The number of nitrogens with zero attached hydrogens (tertiary/aromatic N) is 4. The van der Waals surface area contributed by atoms with Gasteiger partial charge in [0.05, 0.1) is 17.3 Å². The van der Waals surface area contributed by atoms with Gasteiger partial charge >= 0.3 is 0 Å². The van der Waals surface area contributed by atoms with Crippen molar-refractivity contribution in [1.82, 2.24) is 19.7 Å². The van der Waals surface area contributed by atoms with Gasteiger partial charge in [-0.05, 0) is 39.0 Å². The third kappa shape index (κ3) is 4.18. The zero-order valence-corrected chi connectivity index (χ0v) is 17.5. The molecule has 0 N–H and O–H groups in total. The molecule has 0 radical (unpaired) electrons. The molecule has 0 unspecified atom stereocenters. The third-order valence-corrected chi connectivity index (χ3v) is 8.64. The lowest BCUT2D eigenvalue weighted by atomic mass is 10.1. The highest BCUT2D eigenvalue weighted by atomic mass is 32.2. The van der Waals surface area contributed by atoms with Crippen LogP contribution in [0.3, 0.4) is 0 Å². The molecule has 4 rings (SSSR count). The lowest BCUT2D eigenvalue weighted by molar-refractivity contribution is -0.132. The molecule has 7 nitrogen and oxygen atoms in total. The number of hydrogen-bond acceptors (Lipinski definition) is 6. The van der Waals surface area contributed by atoms with E-state index in [-0.39, 0.29) is 29.5 Å². The first-order valence-electron chi connectivity index (χ1n) is 10.1. The Morgan fingerprint density at radius 3 is 2.48 bits per heavy atom. The first-order valence-corrected chi connectivity index (χ1v) is 12.9. The Morgan fingerprint density at radius 1 is 1.15 bits per heavy atom. The molecule has 1 amide bonds. The van der Waals surface area contributed by atoms with Gasteiger partial charge in [0, 0.05) is 24.5 Å². The highest BCUT2D eigenvalue weighted by Crippen LogP contribution is 2.40. The zero-order valence-electron chi connectivity index (χ0n) is 15.8. The van der Waals surface area contributed by atoms with E-state index in [9.17, 15) is 13.2 Å². The van der Waals surface area contributed by atoms with Crippen LogP contribution in [0.25, 0.3) is 0 Å². The molecule has 2 heterocycles. The molecule has 9 heteroatoms. The third-order valence-electron chi connectivity index (χ3n) is 5.94. The van der Waals surface area contributed by atoms with Crippen LogP contribution in [-0.2, 0) is 21.2 Å². The molecule has 0 spiro atoms. The van der Waals surface area contributed by atoms with Crippen molar-refractivity contribution in [3.8, 4) is 0 Å². The van der Waals surface area contributed by atoms with Gasteiger partial charge in [0.15, 0.2) is 15.0 Å². The molecule has 1 atom stereocenters. The molecule has 0 aromatic carbocycles. The van der Waals surface area contributed by atoms with Crippen LogP contribution >= 0.6 is 11.8 Å². The SMILES string of the molecule is CCn1c(SCC(=O)N(C2CCCC2)[C@@H]2CCS(=O)(=O)C2)nnc1C1CC1. The fourth-order valence-corrected chi connectivity index (χ4v) is 7.02. The average molecular weight is 413 g/mol. The van der Waals surface area contributed by atoms with E-state index in [0.717, 1.165) is 43.2 Å². The maximum atomic E-state index is 13.1. The second-order valence-corrected chi connectivity index (χ2v) is 11.1. The molecular weight excluding hydrogens is 384 g/mol. The Hall–Kier alpha value is -1.09. The summed E-state index contributed by atoms with van der Waals surface area (Å²) in [4.78, 5) is 15.0. The summed E-state index contributed by atoms with van der Waals surface area (Å²) in [5.41, 5.74) is 0. The topological polar surface area (TPSA) is 85.2 Å². The van der Waals surface area contributed by atoms with Gasteiger partial charge in [0.1, 0.15) is 5.82 Å². The number of hydrogen-bond donors (Lipinski definition) is 0. The first-order chi connectivity index (χ1) is 13.0. The minimum Gasteiger partial charge on any atom is -0.335 e. The van der Waals surface area contributed by atoms with Crippen molar-refractivity contribution in [3.63, 3.8) is 0 Å². The fourth-order valence-electron chi connectivity index (χ4n) is 4.43. The fraction of sp³-hybridized carbons (Fsp3) is 0.833. The number of carbonyl (C=O) groups is 1. The van der Waals surface area contributed by atoms with Crippen molar-refractivity contribution in [1.29, 1.82) is 0 Å². The van der Waals surface area contributed by atoms with Crippen molar-refractivity contribution in [3.05, 3.63) is 5.82 Å². The van der Waals surface area contributed by atoms with Gasteiger partial charge < -0.3 is 9.47 Å². The Labute approximate surface area is 165 Å². The van der Waals surface area contributed by atoms with E-state index < -0.39 is 9.84 Å². The lowest BCUT2D eigenvalue weighted by Crippen LogP contribution is -2.47. The largest absolute Gasteiger partial charge is 0.335 e. The van der Waals surface area contributed by atoms with Crippen LogP contribution in [0.1, 0.15) is 63.6 Å². The summed E-state index contributed by atoms with van der Waals surface area (Å²) in [5.74, 6) is 2.25. The summed E-state index contributed by atoms with van der Waals surface area (Å²) in [6, 6.07) is 0.0414. The Kier molecular flexibility index (Phi) is 5.51. The van der Waals surface area contributed by atoms with Crippen molar-refractivity contribution in [2.45, 2.75) is 81.6 Å². The molecule has 27 heavy (non-hydrogen) atoms. The molecule has 1 saturated heterocycles. The summed E-state index contributed by atoms with van der Waals surface area (Å²) in [7, 11) is -3.01. The minimum absolute atomic E-state index is 0.0487. The van der Waals surface area contributed by atoms with Gasteiger partial charge in [-0.3, -0.25) is 4.79 Å². The summed E-state index contributed by atoms with van der Waals surface area (Å²) in [5, 5.41) is 9.44. The maximum Gasteiger partial charge on any atom is 0.233 e. The van der Waals surface area contributed by atoms with Crippen LogP contribution in [0.15, 0.2) is 5.16 Å². The Bertz CT molecular complexity index is 798. The van der Waals surface area contributed by atoms with E-state index in [4.69, 9.17) is 0 Å². The Morgan fingerprint density at radius 2 is 1.89 bits per heavy atom. The summed E-state index contributed by atoms with van der Waals surface area (Å²) < 4.78 is 26.0. The molecule has 3 fully saturated rings. The van der Waals surface area contributed by atoms with E-state index in [1.165, 1.54) is 24.6 Å². The predicted molar refractivity (Wildman–Crippen MR) is 105 cm³/mol. The van der Waals surface area contributed by atoms with Crippen molar-refractivity contribution >= 4 is 27.5 Å². The highest BCUT2D eigenvalue weighted by Gasteiger charge is 2.39. The molecule has 1 aliphatic heterocycles. The molecule has 3 aliphatic rings. The van der Waals surface area contributed by atoms with Gasteiger partial charge in [-0.1, -0.05) is 24.6 Å². The van der Waals surface area contributed by atoms with Crippen LogP contribution in [0.4, 0.5) is 0 Å². The van der Waals surface area contributed by atoms with Crippen LogP contribution in [0.5, 0.6) is 0 Å². The van der Waals surface area contributed by atoms with Gasteiger partial charge in [0.2, 0.25) is 5.91 Å². The number of thioether (sulfide) groups is 1. The van der Waals surface area contributed by atoms with E-state index in [1.807, 2.05) is 4.90 Å². The standard InChI is InChI=1S/C18H28N4O3S2/c1-2-21-17(13-7-8-13)19-20-18(21)26-11-16(23)22(14-5-3-4-6-14)15-9-10-27(24,25)12-15/h13-15H,2-12H2,1H3/t15-/m1/s1. The molecule has 0 bridgehead atoms. The number of sulfone groups is 1. The molecule has 150 valence electrons. The number of amides is 1. The van der Waals surface area contributed by atoms with Gasteiger partial charge in [-0.2, -0.15) is 0 Å². The summed E-state index contributed by atoms with van der Waals surface area (Å²) >= 11 is 1.44. The molecule has 1 aromatic heterocycles. The molecule has 1 aromatic rings. The number of aromatic nitrogens is 3. The van der Waals surface area contributed by atoms with E-state index in [0.29, 0.717) is 18.1 Å². The Balaban J connectivity index is 1.45. The molecule has 2 saturated carbocycles. The minimum atomic E-state index is -3.01. The monoisotopic (exact) mass is 412 g/mol. The predicted octanol–water partition coefficient (Wildman–Crippen LogP) is 2.23. The maximum absolute atomic E-state index is 13.1. The van der Waals surface area contributed by atoms with Crippen molar-refractivity contribution in [2.75, 3.05) is 17.3 Å². The van der Waals surface area contributed by atoms with Crippen LogP contribution < -0.4 is 0 Å². The quantitative estimate of drug-likeness (QED) is 0.639. The zero-order chi connectivity index (χ0) is 19.0. The van der Waals surface area contributed by atoms with Crippen LogP contribution in [0.2, 0.25) is 0 Å². The highest BCUT2D eigenvalue weighted by molar-refractivity contribution is 7.99. The van der Waals surface area contributed by atoms with Gasteiger partial charge in [-0.15, -0.1) is 10.2 Å². The average Bonchev–Trinajstić information content (AvgIpc) is 3.04. The van der Waals surface area contributed by atoms with Gasteiger partial charge in [-0.25, -0.2) is 8.42 Å². The van der Waals surface area contributed by atoms with Crippen molar-refractivity contribution in [2.24, 2.45) is 0 Å². The van der Waals surface area contributed by atoms with Gasteiger partial charge in [0.25, 0.3) is 0 Å². The van der Waals surface area contributed by atoms with E-state index >= 15 is 0 Å². The molecule has 2 aliphatic carbocycles. The second kappa shape index (κ2) is 7.73. The van der Waals surface area contributed by atoms with Crippen LogP contribution in [-0.4, -0.2) is 63.3 Å². The number of rotatable bonds is 7. The smallest absolute Gasteiger partial charge is 0.233 e. The number of carbonyl (C=O) groups excluding carboxylic acids is 1. The second-order valence-electron chi connectivity index (χ2n) is 7.94. The normalized spacial score (nSPS) is 25.1. The lowest BCUT2D eigenvalue weighted by Gasteiger charge is -2.34. The first kappa shape index (κ1) is 19.2. The van der Waals surface area contributed by atoms with Crippen LogP contribution in [0, 0.1) is 0 Å². The van der Waals surface area contributed by atoms with E-state index in [2.05, 4.69) is 21.7 Å².